The molecule has 0 unspecified atom stereocenters. The Morgan fingerprint density at radius 1 is 0.683 bits per heavy atom. The summed E-state index contributed by atoms with van der Waals surface area (Å²) in [6.07, 6.45) is 10.9. The van der Waals surface area contributed by atoms with Gasteiger partial charge in [-0.3, -0.25) is 14.3 Å². The van der Waals surface area contributed by atoms with Crippen molar-refractivity contribution in [3.63, 3.8) is 0 Å². The number of fused-ring (bicyclic) bond motifs is 2. The largest absolute Gasteiger partial charge is 0.353 e. The van der Waals surface area contributed by atoms with E-state index in [4.69, 9.17) is 5.26 Å². The number of carbonyl (C=O) groups excluding carboxylic acids is 2. The number of amides is 2. The second-order valence-electron chi connectivity index (χ2n) is 15.5. The first-order valence-electron chi connectivity index (χ1n) is 19.8. The lowest BCUT2D eigenvalue weighted by atomic mass is 9.99. The van der Waals surface area contributed by atoms with Crippen LogP contribution in [0.4, 0.5) is 17.3 Å². The quantitative estimate of drug-likeness (QED) is 0.174. The highest BCUT2D eigenvalue weighted by molar-refractivity contribution is 5.95. The maximum atomic E-state index is 12.9. The first-order chi connectivity index (χ1) is 29.3. The van der Waals surface area contributed by atoms with Crippen LogP contribution in [-0.4, -0.2) is 77.0 Å². The van der Waals surface area contributed by atoms with Gasteiger partial charge in [-0.05, 0) is 60.0 Å². The van der Waals surface area contributed by atoms with Gasteiger partial charge in [0.15, 0.2) is 11.6 Å². The number of carbonyl (C=O) groups is 2. The molecule has 3 aromatic carbocycles. The Morgan fingerprint density at radius 2 is 1.27 bits per heavy atom. The minimum Gasteiger partial charge on any atom is -0.353 e. The van der Waals surface area contributed by atoms with Gasteiger partial charge in [0.1, 0.15) is 23.7 Å². The van der Waals surface area contributed by atoms with Crippen LogP contribution in [0.5, 0.6) is 0 Å². The van der Waals surface area contributed by atoms with Gasteiger partial charge >= 0.3 is 0 Å². The van der Waals surface area contributed by atoms with Crippen molar-refractivity contribution in [1.29, 1.82) is 5.26 Å². The maximum Gasteiger partial charge on any atom is 0.231 e. The van der Waals surface area contributed by atoms with E-state index in [1.165, 1.54) is 11.9 Å². The van der Waals surface area contributed by atoms with Crippen molar-refractivity contribution in [3.8, 4) is 28.3 Å². The summed E-state index contributed by atoms with van der Waals surface area (Å²) >= 11 is 0. The Balaban J connectivity index is 0.757. The molecule has 2 aliphatic heterocycles. The Morgan fingerprint density at radius 3 is 1.88 bits per heavy atom. The van der Waals surface area contributed by atoms with Crippen LogP contribution in [0.3, 0.4) is 0 Å². The first kappa shape index (κ1) is 36.5. The van der Waals surface area contributed by atoms with Crippen molar-refractivity contribution in [3.05, 3.63) is 145 Å². The number of nitrogens with one attached hydrogen (secondary N) is 2. The number of anilines is 3. The van der Waals surface area contributed by atoms with Crippen molar-refractivity contribution in [2.45, 2.75) is 20.0 Å². The summed E-state index contributed by atoms with van der Waals surface area (Å²) < 4.78 is 5.58. The number of aromatic nitrogens is 8. The van der Waals surface area contributed by atoms with E-state index < -0.39 is 0 Å². The molecule has 5 aromatic heterocycles. The van der Waals surface area contributed by atoms with Gasteiger partial charge in [-0.2, -0.15) is 20.6 Å². The van der Waals surface area contributed by atoms with Crippen LogP contribution in [0.25, 0.3) is 33.3 Å². The van der Waals surface area contributed by atoms with E-state index in [1.807, 2.05) is 50.6 Å². The minimum atomic E-state index is -0.177. The van der Waals surface area contributed by atoms with Gasteiger partial charge < -0.3 is 20.4 Å². The number of hydrogen-bond acceptors (Lipinski definition) is 10. The molecule has 2 saturated heterocycles. The third-order valence-corrected chi connectivity index (χ3v) is 11.3. The van der Waals surface area contributed by atoms with Crippen molar-refractivity contribution in [1.82, 2.24) is 44.3 Å². The second kappa shape index (κ2) is 15.1. The average molecular weight is 794 g/mol. The van der Waals surface area contributed by atoms with Crippen molar-refractivity contribution in [2.75, 3.05) is 41.3 Å². The molecule has 2 N–H and O–H groups in total. The summed E-state index contributed by atoms with van der Waals surface area (Å²) in [7, 11) is 0. The number of nitrogens with zero attached hydrogens (tertiary/aromatic N) is 11. The zero-order valence-corrected chi connectivity index (χ0v) is 32.7. The van der Waals surface area contributed by atoms with Crippen LogP contribution in [0.15, 0.2) is 122 Å². The van der Waals surface area contributed by atoms with Crippen LogP contribution >= 0.6 is 0 Å². The molecule has 0 saturated carbocycles. The molecule has 2 fully saturated rings. The lowest BCUT2D eigenvalue weighted by Crippen LogP contribution is -2.54. The Hall–Kier alpha value is -7.86. The number of aryl methyl sites for hydroxylation is 1. The van der Waals surface area contributed by atoms with Gasteiger partial charge in [-0.1, -0.05) is 54.1 Å². The van der Waals surface area contributed by atoms with Gasteiger partial charge in [0.05, 0.1) is 36.2 Å². The molecule has 0 radical (unpaired) electrons. The van der Waals surface area contributed by atoms with Crippen LogP contribution in [0.2, 0.25) is 0 Å². The highest BCUT2D eigenvalue weighted by atomic mass is 16.2. The molecule has 0 bridgehead atoms. The monoisotopic (exact) mass is 793 g/mol. The van der Waals surface area contributed by atoms with E-state index >= 15 is 0 Å². The smallest absolute Gasteiger partial charge is 0.231 e. The lowest BCUT2D eigenvalue weighted by Gasteiger charge is -2.39. The summed E-state index contributed by atoms with van der Waals surface area (Å²) in [5, 5.41) is 28.6. The molecule has 2 aliphatic rings. The SMILES string of the molecule is Cc1ccc(CNC(=O)C2CN(c3ncnn4cc(-c5ccc(Cn6cc(-c7cc8c(N9CC(C(=O)Nc%10ccc(C#N)cc%10)C9)ncnn8c7)cn6)cc5)cc34)C2)cc1. The molecular formula is C45H39N13O2. The number of nitriles is 1. The molecule has 0 aliphatic carbocycles. The van der Waals surface area contributed by atoms with Gasteiger partial charge in [0, 0.05) is 73.7 Å². The summed E-state index contributed by atoms with van der Waals surface area (Å²) in [4.78, 5) is 39.1. The second-order valence-corrected chi connectivity index (χ2v) is 15.5. The van der Waals surface area contributed by atoms with Crippen molar-refractivity contribution in [2.24, 2.45) is 11.8 Å². The fraction of sp³-hybridized carbons (Fsp3) is 0.200. The third kappa shape index (κ3) is 7.15. The van der Waals surface area contributed by atoms with E-state index in [2.05, 4.69) is 107 Å². The molecule has 15 nitrogen and oxygen atoms in total. The van der Waals surface area contributed by atoms with Crippen LogP contribution < -0.4 is 20.4 Å². The minimum absolute atomic E-state index is 0.0588. The van der Waals surface area contributed by atoms with Crippen LogP contribution in [-0.2, 0) is 22.7 Å². The first-order valence-corrected chi connectivity index (χ1v) is 19.8. The highest BCUT2D eigenvalue weighted by Gasteiger charge is 2.36. The Labute approximate surface area is 344 Å². The van der Waals surface area contributed by atoms with Crippen LogP contribution in [0, 0.1) is 30.1 Å². The summed E-state index contributed by atoms with van der Waals surface area (Å²) in [5.74, 6) is 1.33. The van der Waals surface area contributed by atoms with Crippen molar-refractivity contribution >= 4 is 40.2 Å². The third-order valence-electron chi connectivity index (χ3n) is 11.3. The summed E-state index contributed by atoms with van der Waals surface area (Å²) in [6, 6.07) is 29.7. The molecule has 0 atom stereocenters. The fourth-order valence-electron chi connectivity index (χ4n) is 7.77. The lowest BCUT2D eigenvalue weighted by molar-refractivity contribution is -0.126. The molecular weight excluding hydrogens is 755 g/mol. The van der Waals surface area contributed by atoms with Gasteiger partial charge in [0.2, 0.25) is 11.8 Å². The number of benzene rings is 3. The molecule has 15 heteroatoms. The molecule has 8 aromatic rings. The van der Waals surface area contributed by atoms with Crippen molar-refractivity contribution < 1.29 is 9.59 Å². The zero-order chi connectivity index (χ0) is 40.7. The fourth-order valence-corrected chi connectivity index (χ4v) is 7.77. The summed E-state index contributed by atoms with van der Waals surface area (Å²) in [6.45, 7) is 5.47. The highest BCUT2D eigenvalue weighted by Crippen LogP contribution is 2.33. The average Bonchev–Trinajstić information content (AvgIpc) is 4.00. The zero-order valence-electron chi connectivity index (χ0n) is 32.7. The number of rotatable bonds is 11. The topological polar surface area (TPSA) is 167 Å². The summed E-state index contributed by atoms with van der Waals surface area (Å²) in [5.41, 5.74) is 10.4. The number of hydrogen-bond donors (Lipinski definition) is 2. The maximum absolute atomic E-state index is 12.9. The molecule has 10 rings (SSSR count). The van der Waals surface area contributed by atoms with Gasteiger partial charge in [-0.25, -0.2) is 19.0 Å². The predicted octanol–water partition coefficient (Wildman–Crippen LogP) is 5.36. The molecule has 296 valence electrons. The van der Waals surface area contributed by atoms with E-state index in [0.29, 0.717) is 50.5 Å². The molecule has 7 heterocycles. The van der Waals surface area contributed by atoms with Gasteiger partial charge in [-0.15, -0.1) is 0 Å². The molecule has 60 heavy (non-hydrogen) atoms. The van der Waals surface area contributed by atoms with E-state index in [0.717, 1.165) is 56.0 Å². The Bertz CT molecular complexity index is 2910. The van der Waals surface area contributed by atoms with Crippen LogP contribution in [0.1, 0.15) is 22.3 Å². The Kier molecular flexibility index (Phi) is 9.21. The van der Waals surface area contributed by atoms with E-state index in [1.54, 1.807) is 30.6 Å². The molecule has 0 spiro atoms. The van der Waals surface area contributed by atoms with E-state index in [9.17, 15) is 9.59 Å². The molecule has 2 amide bonds. The predicted molar refractivity (Wildman–Crippen MR) is 226 cm³/mol. The standard InChI is InChI=1S/C45H39N13O2/c1-29-2-4-31(5-3-29)17-47-44(59)37-20-54(21-37)42-40-14-34(25-57(40)51-27-48-42)33-10-6-32(7-11-33)19-56-24-36(18-50-56)35-15-41-43(49-28-52-58(41)26-35)55-22-38(23-55)45(60)53-39-12-8-30(16-46)9-13-39/h2-15,18,24-28,37-38H,17,19-23H2,1H3,(H,47,59)(H,53,60). The van der Waals surface area contributed by atoms with E-state index in [-0.39, 0.29) is 23.7 Å². The normalized spacial score (nSPS) is 14.2. The van der Waals surface area contributed by atoms with Gasteiger partial charge in [0.25, 0.3) is 0 Å².